The molecule has 0 bridgehead atoms. The molecule has 1 unspecified atom stereocenters. The molecule has 0 saturated carbocycles. The minimum atomic E-state index is 0.190. The maximum Gasteiger partial charge on any atom is 0.126 e. The van der Waals surface area contributed by atoms with Crippen LogP contribution >= 0.6 is 0 Å². The van der Waals surface area contributed by atoms with E-state index in [9.17, 15) is 0 Å². The third kappa shape index (κ3) is 2.72. The van der Waals surface area contributed by atoms with Gasteiger partial charge < -0.3 is 14.8 Å². The Morgan fingerprint density at radius 1 is 1.29 bits per heavy atom. The number of methoxy groups -OCH3 is 1. The van der Waals surface area contributed by atoms with Gasteiger partial charge in [0.2, 0.25) is 0 Å². The van der Waals surface area contributed by atoms with Crippen molar-refractivity contribution in [2.45, 2.75) is 32.3 Å². The Labute approximate surface area is 103 Å². The van der Waals surface area contributed by atoms with Gasteiger partial charge in [0.25, 0.3) is 0 Å². The summed E-state index contributed by atoms with van der Waals surface area (Å²) in [6.45, 7) is 6.19. The molecule has 0 spiro atoms. The molecule has 0 amide bonds. The van der Waals surface area contributed by atoms with Crippen LogP contribution in [0.15, 0.2) is 18.2 Å². The van der Waals surface area contributed by atoms with Gasteiger partial charge in [0.05, 0.1) is 13.2 Å². The SMILES string of the molecule is COc1cccc(OC(C)C)c1C1CCNC1. The van der Waals surface area contributed by atoms with Crippen molar-refractivity contribution in [3.8, 4) is 11.5 Å². The lowest BCUT2D eigenvalue weighted by molar-refractivity contribution is 0.237. The smallest absolute Gasteiger partial charge is 0.126 e. The van der Waals surface area contributed by atoms with Crippen LogP contribution in [0, 0.1) is 0 Å². The molecule has 1 aromatic rings. The zero-order valence-electron chi connectivity index (χ0n) is 10.8. The highest BCUT2D eigenvalue weighted by Crippen LogP contribution is 2.38. The molecule has 0 radical (unpaired) electrons. The van der Waals surface area contributed by atoms with Crippen molar-refractivity contribution in [1.82, 2.24) is 5.32 Å². The summed E-state index contributed by atoms with van der Waals surface area (Å²) in [5, 5.41) is 3.39. The van der Waals surface area contributed by atoms with Crippen LogP contribution in [-0.2, 0) is 0 Å². The number of ether oxygens (including phenoxy) is 2. The van der Waals surface area contributed by atoms with Gasteiger partial charge in [0, 0.05) is 18.0 Å². The average Bonchev–Trinajstić information content (AvgIpc) is 2.81. The highest BCUT2D eigenvalue weighted by Gasteiger charge is 2.24. The monoisotopic (exact) mass is 235 g/mol. The van der Waals surface area contributed by atoms with Gasteiger partial charge in [0.15, 0.2) is 0 Å². The van der Waals surface area contributed by atoms with Gasteiger partial charge in [-0.1, -0.05) is 6.07 Å². The maximum absolute atomic E-state index is 5.89. The Hall–Kier alpha value is -1.22. The van der Waals surface area contributed by atoms with E-state index in [0.29, 0.717) is 5.92 Å². The van der Waals surface area contributed by atoms with Crippen molar-refractivity contribution < 1.29 is 9.47 Å². The molecule has 2 rings (SSSR count). The van der Waals surface area contributed by atoms with Crippen LogP contribution in [0.4, 0.5) is 0 Å². The summed E-state index contributed by atoms with van der Waals surface area (Å²) in [6, 6.07) is 6.04. The van der Waals surface area contributed by atoms with Crippen LogP contribution in [0.5, 0.6) is 11.5 Å². The van der Waals surface area contributed by atoms with E-state index in [2.05, 4.69) is 19.2 Å². The van der Waals surface area contributed by atoms with E-state index in [1.165, 1.54) is 5.56 Å². The predicted octanol–water partition coefficient (Wildman–Crippen LogP) is 2.56. The highest BCUT2D eigenvalue weighted by atomic mass is 16.5. The van der Waals surface area contributed by atoms with Crippen LogP contribution < -0.4 is 14.8 Å². The second kappa shape index (κ2) is 5.41. The number of benzene rings is 1. The lowest BCUT2D eigenvalue weighted by Gasteiger charge is -2.20. The molecule has 1 saturated heterocycles. The number of hydrogen-bond donors (Lipinski definition) is 1. The van der Waals surface area contributed by atoms with Crippen LogP contribution in [-0.4, -0.2) is 26.3 Å². The van der Waals surface area contributed by atoms with Crippen LogP contribution in [0.25, 0.3) is 0 Å². The fourth-order valence-electron chi connectivity index (χ4n) is 2.36. The van der Waals surface area contributed by atoms with E-state index in [1.54, 1.807) is 7.11 Å². The van der Waals surface area contributed by atoms with Crippen molar-refractivity contribution in [2.24, 2.45) is 0 Å². The molecule has 1 heterocycles. The highest BCUT2D eigenvalue weighted by molar-refractivity contribution is 5.48. The first kappa shape index (κ1) is 12.2. The van der Waals surface area contributed by atoms with E-state index in [-0.39, 0.29) is 6.10 Å². The molecule has 1 aliphatic heterocycles. The fraction of sp³-hybridized carbons (Fsp3) is 0.571. The van der Waals surface area contributed by atoms with Crippen molar-refractivity contribution in [2.75, 3.05) is 20.2 Å². The Balaban J connectivity index is 2.35. The summed E-state index contributed by atoms with van der Waals surface area (Å²) in [7, 11) is 1.72. The van der Waals surface area contributed by atoms with Gasteiger partial charge in [-0.05, 0) is 38.9 Å². The first-order chi connectivity index (χ1) is 8.22. The molecule has 3 nitrogen and oxygen atoms in total. The van der Waals surface area contributed by atoms with Crippen LogP contribution in [0.2, 0.25) is 0 Å². The molecule has 3 heteroatoms. The lowest BCUT2D eigenvalue weighted by Crippen LogP contribution is -2.12. The quantitative estimate of drug-likeness (QED) is 0.870. The minimum absolute atomic E-state index is 0.190. The molecule has 1 aromatic carbocycles. The van der Waals surface area contributed by atoms with E-state index in [1.807, 2.05) is 18.2 Å². The zero-order chi connectivity index (χ0) is 12.3. The fourth-order valence-corrected chi connectivity index (χ4v) is 2.36. The molecule has 0 aromatic heterocycles. The average molecular weight is 235 g/mol. The first-order valence-electron chi connectivity index (χ1n) is 6.26. The normalized spacial score (nSPS) is 19.6. The van der Waals surface area contributed by atoms with Crippen molar-refractivity contribution in [3.05, 3.63) is 23.8 Å². The van der Waals surface area contributed by atoms with Gasteiger partial charge in [-0.3, -0.25) is 0 Å². The van der Waals surface area contributed by atoms with Gasteiger partial charge in [-0.25, -0.2) is 0 Å². The Kier molecular flexibility index (Phi) is 3.89. The van der Waals surface area contributed by atoms with Gasteiger partial charge in [-0.2, -0.15) is 0 Å². The summed E-state index contributed by atoms with van der Waals surface area (Å²) < 4.78 is 11.4. The van der Waals surface area contributed by atoms with E-state index in [0.717, 1.165) is 31.0 Å². The topological polar surface area (TPSA) is 30.5 Å². The van der Waals surface area contributed by atoms with Crippen LogP contribution in [0.1, 0.15) is 31.7 Å². The van der Waals surface area contributed by atoms with Gasteiger partial charge in [0.1, 0.15) is 11.5 Å². The maximum atomic E-state index is 5.89. The predicted molar refractivity (Wildman–Crippen MR) is 69.0 cm³/mol. The van der Waals surface area contributed by atoms with Crippen molar-refractivity contribution in [3.63, 3.8) is 0 Å². The number of hydrogen-bond acceptors (Lipinski definition) is 3. The molecule has 94 valence electrons. The van der Waals surface area contributed by atoms with Gasteiger partial charge >= 0.3 is 0 Å². The van der Waals surface area contributed by atoms with E-state index >= 15 is 0 Å². The Bertz CT molecular complexity index is 370. The lowest BCUT2D eigenvalue weighted by atomic mass is 9.96. The van der Waals surface area contributed by atoms with Gasteiger partial charge in [-0.15, -0.1) is 0 Å². The molecule has 1 fully saturated rings. The molecule has 1 aliphatic rings. The minimum Gasteiger partial charge on any atom is -0.496 e. The van der Waals surface area contributed by atoms with Crippen molar-refractivity contribution in [1.29, 1.82) is 0 Å². The molecule has 1 N–H and O–H groups in total. The Morgan fingerprint density at radius 3 is 2.65 bits per heavy atom. The number of nitrogens with one attached hydrogen (secondary N) is 1. The molecule has 0 aliphatic carbocycles. The van der Waals surface area contributed by atoms with E-state index in [4.69, 9.17) is 9.47 Å². The first-order valence-corrected chi connectivity index (χ1v) is 6.26. The molecule has 17 heavy (non-hydrogen) atoms. The summed E-state index contributed by atoms with van der Waals surface area (Å²) in [4.78, 5) is 0. The molecule has 1 atom stereocenters. The van der Waals surface area contributed by atoms with Crippen molar-refractivity contribution >= 4 is 0 Å². The molecular formula is C14H21NO2. The summed E-state index contributed by atoms with van der Waals surface area (Å²) in [5.41, 5.74) is 1.22. The number of rotatable bonds is 4. The third-order valence-electron chi connectivity index (χ3n) is 3.08. The second-order valence-corrected chi connectivity index (χ2v) is 4.73. The van der Waals surface area contributed by atoms with Crippen LogP contribution in [0.3, 0.4) is 0 Å². The molecular weight excluding hydrogens is 214 g/mol. The second-order valence-electron chi connectivity index (χ2n) is 4.73. The zero-order valence-corrected chi connectivity index (χ0v) is 10.8. The summed E-state index contributed by atoms with van der Waals surface area (Å²) in [5.74, 6) is 2.41. The van der Waals surface area contributed by atoms with E-state index < -0.39 is 0 Å². The largest absolute Gasteiger partial charge is 0.496 e. The Morgan fingerprint density at radius 2 is 2.06 bits per heavy atom. The summed E-state index contributed by atoms with van der Waals surface area (Å²) >= 11 is 0. The third-order valence-corrected chi connectivity index (χ3v) is 3.08. The summed E-state index contributed by atoms with van der Waals surface area (Å²) in [6.07, 6.45) is 1.34. The standard InChI is InChI=1S/C14H21NO2/c1-10(2)17-13-6-4-5-12(16-3)14(13)11-7-8-15-9-11/h4-6,10-11,15H,7-9H2,1-3H3.